The molecule has 2 aromatic rings. The summed E-state index contributed by atoms with van der Waals surface area (Å²) in [4.78, 5) is 26.5. The third kappa shape index (κ3) is 4.63. The Kier molecular flexibility index (Phi) is 6.53. The summed E-state index contributed by atoms with van der Waals surface area (Å²) >= 11 is 0. The summed E-state index contributed by atoms with van der Waals surface area (Å²) in [7, 11) is 1.59. The Morgan fingerprint density at radius 2 is 1.86 bits per heavy atom. The lowest BCUT2D eigenvalue weighted by Gasteiger charge is -2.17. The zero-order valence-corrected chi connectivity index (χ0v) is 16.3. The van der Waals surface area contributed by atoms with Gasteiger partial charge < -0.3 is 19.7 Å². The largest absolute Gasteiger partial charge is 0.493 e. The van der Waals surface area contributed by atoms with Gasteiger partial charge in [-0.2, -0.15) is 0 Å². The van der Waals surface area contributed by atoms with Crippen molar-refractivity contribution in [2.45, 2.75) is 19.8 Å². The Balaban J connectivity index is 1.47. The normalized spacial score (nSPS) is 16.1. The van der Waals surface area contributed by atoms with Crippen LogP contribution in [0, 0.1) is 5.92 Å². The molecule has 1 heterocycles. The summed E-state index contributed by atoms with van der Waals surface area (Å²) in [5, 5.41) is 2.86. The van der Waals surface area contributed by atoms with Crippen molar-refractivity contribution in [1.29, 1.82) is 0 Å². The summed E-state index contributed by atoms with van der Waals surface area (Å²) < 4.78 is 10.9. The van der Waals surface area contributed by atoms with E-state index in [1.807, 2.05) is 48.5 Å². The lowest BCUT2D eigenvalue weighted by atomic mass is 10.1. The molecule has 1 saturated heterocycles. The van der Waals surface area contributed by atoms with Crippen LogP contribution >= 0.6 is 0 Å². The van der Waals surface area contributed by atoms with Gasteiger partial charge in [-0.25, -0.2) is 0 Å². The fraction of sp³-hybridized carbons (Fsp3) is 0.364. The van der Waals surface area contributed by atoms with E-state index in [0.29, 0.717) is 31.2 Å². The molecule has 2 amide bonds. The number of amides is 2. The van der Waals surface area contributed by atoms with Crippen LogP contribution in [0.2, 0.25) is 0 Å². The fourth-order valence-corrected chi connectivity index (χ4v) is 3.26. The van der Waals surface area contributed by atoms with E-state index in [-0.39, 0.29) is 24.2 Å². The maximum atomic E-state index is 12.4. The highest BCUT2D eigenvalue weighted by molar-refractivity contribution is 6.00. The molecule has 1 unspecified atom stereocenters. The first-order valence-corrected chi connectivity index (χ1v) is 9.55. The maximum Gasteiger partial charge on any atom is 0.227 e. The smallest absolute Gasteiger partial charge is 0.227 e. The van der Waals surface area contributed by atoms with E-state index in [0.717, 1.165) is 12.1 Å². The first-order chi connectivity index (χ1) is 13.6. The number of methoxy groups -OCH3 is 1. The second-order valence-electron chi connectivity index (χ2n) is 6.72. The number of benzene rings is 2. The molecule has 1 atom stereocenters. The third-order valence-electron chi connectivity index (χ3n) is 4.88. The molecule has 148 valence electrons. The Labute approximate surface area is 165 Å². The summed E-state index contributed by atoms with van der Waals surface area (Å²) in [5.74, 6) is 0.806. The van der Waals surface area contributed by atoms with Gasteiger partial charge in [0.1, 0.15) is 6.61 Å². The summed E-state index contributed by atoms with van der Waals surface area (Å²) in [5.41, 5.74) is 2.07. The highest BCUT2D eigenvalue weighted by atomic mass is 16.5. The average Bonchev–Trinajstić information content (AvgIpc) is 3.13. The Hall–Kier alpha value is -3.02. The van der Waals surface area contributed by atoms with Crippen molar-refractivity contribution in [2.75, 3.05) is 31.7 Å². The molecular formula is C22H26N2O4. The van der Waals surface area contributed by atoms with Crippen LogP contribution in [0.15, 0.2) is 48.5 Å². The number of carbonyl (C=O) groups is 2. The Bertz CT molecular complexity index is 820. The maximum absolute atomic E-state index is 12.4. The molecule has 2 aromatic carbocycles. The summed E-state index contributed by atoms with van der Waals surface area (Å²) in [6.07, 6.45) is 1.19. The highest BCUT2D eigenvalue weighted by Crippen LogP contribution is 2.26. The lowest BCUT2D eigenvalue weighted by molar-refractivity contribution is -0.126. The van der Waals surface area contributed by atoms with Gasteiger partial charge in [0, 0.05) is 18.7 Å². The fourth-order valence-electron chi connectivity index (χ4n) is 3.26. The Morgan fingerprint density at radius 3 is 2.54 bits per heavy atom. The van der Waals surface area contributed by atoms with Gasteiger partial charge in [0.15, 0.2) is 11.5 Å². The van der Waals surface area contributed by atoms with Gasteiger partial charge in [-0.1, -0.05) is 31.2 Å². The number of ether oxygens (including phenoxy) is 2. The minimum absolute atomic E-state index is 0.0188. The SMILES string of the molecule is CCc1ccc(N2CC(C(=O)NCCOc3ccccc3OC)CC2=O)cc1. The molecule has 0 bridgehead atoms. The Morgan fingerprint density at radius 1 is 1.14 bits per heavy atom. The summed E-state index contributed by atoms with van der Waals surface area (Å²) in [6, 6.07) is 15.3. The van der Waals surface area contributed by atoms with E-state index >= 15 is 0 Å². The van der Waals surface area contributed by atoms with Gasteiger partial charge in [0.2, 0.25) is 11.8 Å². The number of anilines is 1. The van der Waals surface area contributed by atoms with Crippen LogP contribution in [0.3, 0.4) is 0 Å². The molecule has 1 aliphatic rings. The average molecular weight is 382 g/mol. The monoisotopic (exact) mass is 382 g/mol. The molecule has 0 saturated carbocycles. The van der Waals surface area contributed by atoms with Crippen molar-refractivity contribution >= 4 is 17.5 Å². The minimum Gasteiger partial charge on any atom is -0.493 e. The van der Waals surface area contributed by atoms with Gasteiger partial charge in [-0.05, 0) is 36.2 Å². The number of rotatable bonds is 8. The molecule has 28 heavy (non-hydrogen) atoms. The van der Waals surface area contributed by atoms with Crippen LogP contribution < -0.4 is 19.7 Å². The molecule has 6 nitrogen and oxygen atoms in total. The number of aryl methyl sites for hydroxylation is 1. The highest BCUT2D eigenvalue weighted by Gasteiger charge is 2.34. The van der Waals surface area contributed by atoms with Crippen LogP contribution in [0.1, 0.15) is 18.9 Å². The quantitative estimate of drug-likeness (QED) is 0.713. The van der Waals surface area contributed by atoms with Crippen molar-refractivity contribution in [3.63, 3.8) is 0 Å². The van der Waals surface area contributed by atoms with Crippen LogP contribution in [-0.4, -0.2) is 38.6 Å². The van der Waals surface area contributed by atoms with E-state index in [4.69, 9.17) is 9.47 Å². The molecule has 1 N–H and O–H groups in total. The number of nitrogens with zero attached hydrogens (tertiary/aromatic N) is 1. The molecule has 3 rings (SSSR count). The first-order valence-electron chi connectivity index (χ1n) is 9.55. The summed E-state index contributed by atoms with van der Waals surface area (Å²) in [6.45, 7) is 3.19. The van der Waals surface area contributed by atoms with Gasteiger partial charge in [-0.3, -0.25) is 9.59 Å². The number of para-hydroxylation sites is 2. The molecular weight excluding hydrogens is 356 g/mol. The molecule has 6 heteroatoms. The minimum atomic E-state index is -0.343. The molecule has 0 spiro atoms. The third-order valence-corrected chi connectivity index (χ3v) is 4.88. The van der Waals surface area contributed by atoms with Gasteiger partial charge in [0.25, 0.3) is 0 Å². The predicted octanol–water partition coefficient (Wildman–Crippen LogP) is 2.81. The van der Waals surface area contributed by atoms with E-state index in [9.17, 15) is 9.59 Å². The lowest BCUT2D eigenvalue weighted by Crippen LogP contribution is -2.35. The van der Waals surface area contributed by atoms with Crippen molar-refractivity contribution in [1.82, 2.24) is 5.32 Å². The van der Waals surface area contributed by atoms with Gasteiger partial charge in [0.05, 0.1) is 19.6 Å². The molecule has 0 radical (unpaired) electrons. The van der Waals surface area contributed by atoms with Gasteiger partial charge in [-0.15, -0.1) is 0 Å². The molecule has 0 aromatic heterocycles. The topological polar surface area (TPSA) is 67.9 Å². The number of hydrogen-bond acceptors (Lipinski definition) is 4. The van der Waals surface area contributed by atoms with Crippen LogP contribution in [-0.2, 0) is 16.0 Å². The van der Waals surface area contributed by atoms with Crippen molar-refractivity contribution < 1.29 is 19.1 Å². The standard InChI is InChI=1S/C22H26N2O4/c1-3-16-8-10-18(11-9-16)24-15-17(14-21(24)25)22(26)23-12-13-28-20-7-5-4-6-19(20)27-2/h4-11,17H,3,12-15H2,1-2H3,(H,23,26). The van der Waals surface area contributed by atoms with Crippen molar-refractivity contribution in [3.8, 4) is 11.5 Å². The van der Waals surface area contributed by atoms with E-state index in [1.54, 1.807) is 12.0 Å². The second kappa shape index (κ2) is 9.26. The molecule has 1 aliphatic heterocycles. The second-order valence-corrected chi connectivity index (χ2v) is 6.72. The zero-order chi connectivity index (χ0) is 19.9. The van der Waals surface area contributed by atoms with Crippen LogP contribution in [0.25, 0.3) is 0 Å². The number of carbonyl (C=O) groups excluding carboxylic acids is 2. The first kappa shape index (κ1) is 19.7. The van der Waals surface area contributed by atoms with Crippen LogP contribution in [0.5, 0.6) is 11.5 Å². The zero-order valence-electron chi connectivity index (χ0n) is 16.3. The van der Waals surface area contributed by atoms with E-state index in [1.165, 1.54) is 5.56 Å². The number of hydrogen-bond donors (Lipinski definition) is 1. The van der Waals surface area contributed by atoms with E-state index in [2.05, 4.69) is 12.2 Å². The van der Waals surface area contributed by atoms with E-state index < -0.39 is 0 Å². The predicted molar refractivity (Wildman–Crippen MR) is 108 cm³/mol. The molecule has 0 aliphatic carbocycles. The number of nitrogens with one attached hydrogen (secondary N) is 1. The van der Waals surface area contributed by atoms with Crippen molar-refractivity contribution in [2.24, 2.45) is 5.92 Å². The van der Waals surface area contributed by atoms with Crippen LogP contribution in [0.4, 0.5) is 5.69 Å². The van der Waals surface area contributed by atoms with Crippen molar-refractivity contribution in [3.05, 3.63) is 54.1 Å². The van der Waals surface area contributed by atoms with Gasteiger partial charge >= 0.3 is 0 Å². The molecule has 1 fully saturated rings.